The SMILES string of the molecule is NC(=S)NN=Cc1cc(Br)ccc1OCc1ccc(Cl)cc1. The maximum absolute atomic E-state index is 5.86. The van der Waals surface area contributed by atoms with Gasteiger partial charge in [0.1, 0.15) is 12.4 Å². The maximum Gasteiger partial charge on any atom is 0.184 e. The van der Waals surface area contributed by atoms with E-state index in [1.807, 2.05) is 42.5 Å². The lowest BCUT2D eigenvalue weighted by atomic mass is 10.2. The van der Waals surface area contributed by atoms with Crippen LogP contribution in [0.25, 0.3) is 0 Å². The molecule has 0 bridgehead atoms. The van der Waals surface area contributed by atoms with Crippen LogP contribution in [0, 0.1) is 0 Å². The van der Waals surface area contributed by atoms with Crippen molar-refractivity contribution in [3.05, 3.63) is 63.1 Å². The molecule has 0 aliphatic heterocycles. The molecule has 2 rings (SSSR count). The van der Waals surface area contributed by atoms with Crippen LogP contribution in [0.4, 0.5) is 0 Å². The predicted molar refractivity (Wildman–Crippen MR) is 97.4 cm³/mol. The van der Waals surface area contributed by atoms with Crippen molar-refractivity contribution in [3.63, 3.8) is 0 Å². The Labute approximate surface area is 147 Å². The Hall–Kier alpha value is -1.63. The number of nitrogens with two attached hydrogens (primary N) is 1. The van der Waals surface area contributed by atoms with Crippen LogP contribution in [-0.4, -0.2) is 11.3 Å². The standard InChI is InChI=1S/C15H13BrClN3OS/c16-12-3-6-14(11(7-12)8-19-20-15(18)22)21-9-10-1-4-13(17)5-2-10/h1-8H,9H2,(H3,18,20,22). The summed E-state index contributed by atoms with van der Waals surface area (Å²) in [5, 5.41) is 4.75. The number of thiocarbonyl (C=S) groups is 1. The second kappa shape index (κ2) is 8.12. The van der Waals surface area contributed by atoms with Gasteiger partial charge in [-0.05, 0) is 48.1 Å². The van der Waals surface area contributed by atoms with Gasteiger partial charge in [0.25, 0.3) is 0 Å². The molecule has 0 heterocycles. The molecular weight excluding hydrogens is 386 g/mol. The summed E-state index contributed by atoms with van der Waals surface area (Å²) >= 11 is 14.0. The van der Waals surface area contributed by atoms with Gasteiger partial charge >= 0.3 is 0 Å². The third-order valence-electron chi connectivity index (χ3n) is 2.66. The molecule has 0 saturated heterocycles. The van der Waals surface area contributed by atoms with E-state index < -0.39 is 0 Å². The first-order chi connectivity index (χ1) is 10.5. The van der Waals surface area contributed by atoms with E-state index in [-0.39, 0.29) is 5.11 Å². The summed E-state index contributed by atoms with van der Waals surface area (Å²) in [5.41, 5.74) is 9.66. The largest absolute Gasteiger partial charge is 0.488 e. The molecule has 0 aliphatic rings. The number of halogens is 2. The fraction of sp³-hybridized carbons (Fsp3) is 0.0667. The number of hydrogen-bond acceptors (Lipinski definition) is 3. The van der Waals surface area contributed by atoms with Crippen LogP contribution in [0.3, 0.4) is 0 Å². The van der Waals surface area contributed by atoms with E-state index in [0.717, 1.165) is 15.6 Å². The molecule has 0 saturated carbocycles. The molecule has 22 heavy (non-hydrogen) atoms. The summed E-state index contributed by atoms with van der Waals surface area (Å²) in [4.78, 5) is 0. The van der Waals surface area contributed by atoms with Crippen LogP contribution in [0.5, 0.6) is 5.75 Å². The third kappa shape index (κ3) is 5.29. The van der Waals surface area contributed by atoms with E-state index in [1.54, 1.807) is 6.21 Å². The molecule has 0 spiro atoms. The molecule has 0 amide bonds. The summed E-state index contributed by atoms with van der Waals surface area (Å²) < 4.78 is 6.75. The molecule has 4 nitrogen and oxygen atoms in total. The molecular formula is C15H13BrClN3OS. The molecule has 0 fully saturated rings. The average Bonchev–Trinajstić information content (AvgIpc) is 2.48. The van der Waals surface area contributed by atoms with Gasteiger partial charge in [0.15, 0.2) is 5.11 Å². The second-order valence-electron chi connectivity index (χ2n) is 4.33. The van der Waals surface area contributed by atoms with Gasteiger partial charge in [0.2, 0.25) is 0 Å². The topological polar surface area (TPSA) is 59.6 Å². The van der Waals surface area contributed by atoms with Gasteiger partial charge in [0, 0.05) is 15.1 Å². The minimum Gasteiger partial charge on any atom is -0.488 e. The van der Waals surface area contributed by atoms with Crippen LogP contribution in [-0.2, 0) is 6.61 Å². The third-order valence-corrected chi connectivity index (χ3v) is 3.49. The van der Waals surface area contributed by atoms with Gasteiger partial charge in [-0.1, -0.05) is 39.7 Å². The number of hydrazone groups is 1. The number of benzene rings is 2. The van der Waals surface area contributed by atoms with E-state index in [0.29, 0.717) is 17.4 Å². The minimum atomic E-state index is 0.106. The Morgan fingerprint density at radius 3 is 2.73 bits per heavy atom. The van der Waals surface area contributed by atoms with Gasteiger partial charge < -0.3 is 10.5 Å². The summed E-state index contributed by atoms with van der Waals surface area (Å²) in [6, 6.07) is 13.2. The van der Waals surface area contributed by atoms with Crippen molar-refractivity contribution in [2.24, 2.45) is 10.8 Å². The van der Waals surface area contributed by atoms with Crippen molar-refractivity contribution < 1.29 is 4.74 Å². The molecule has 0 aromatic heterocycles. The summed E-state index contributed by atoms with van der Waals surface area (Å²) in [7, 11) is 0. The highest BCUT2D eigenvalue weighted by Crippen LogP contribution is 2.23. The van der Waals surface area contributed by atoms with Crippen LogP contribution in [0.15, 0.2) is 52.0 Å². The Kier molecular flexibility index (Phi) is 6.18. The van der Waals surface area contributed by atoms with Crippen molar-refractivity contribution in [2.45, 2.75) is 6.61 Å². The molecule has 0 aliphatic carbocycles. The van der Waals surface area contributed by atoms with Crippen LogP contribution in [0.1, 0.15) is 11.1 Å². The van der Waals surface area contributed by atoms with Crippen molar-refractivity contribution in [3.8, 4) is 5.75 Å². The molecule has 0 atom stereocenters. The fourth-order valence-electron chi connectivity index (χ4n) is 1.66. The minimum absolute atomic E-state index is 0.106. The summed E-state index contributed by atoms with van der Waals surface area (Å²) in [6.07, 6.45) is 1.60. The van der Waals surface area contributed by atoms with Crippen molar-refractivity contribution >= 4 is 51.1 Å². The first-order valence-electron chi connectivity index (χ1n) is 6.30. The number of ether oxygens (including phenoxy) is 1. The number of nitrogens with zero attached hydrogens (tertiary/aromatic N) is 1. The van der Waals surface area contributed by atoms with Crippen molar-refractivity contribution in [1.29, 1.82) is 0 Å². The maximum atomic E-state index is 5.86. The van der Waals surface area contributed by atoms with E-state index in [1.165, 1.54) is 0 Å². The van der Waals surface area contributed by atoms with Gasteiger partial charge in [-0.3, -0.25) is 5.43 Å². The average molecular weight is 399 g/mol. The Balaban J connectivity index is 2.10. The van der Waals surface area contributed by atoms with E-state index in [4.69, 9.17) is 34.3 Å². The van der Waals surface area contributed by atoms with Gasteiger partial charge in [-0.25, -0.2) is 0 Å². The second-order valence-corrected chi connectivity index (χ2v) is 6.12. The lowest BCUT2D eigenvalue weighted by Crippen LogP contribution is -2.24. The van der Waals surface area contributed by atoms with Crippen molar-refractivity contribution in [1.82, 2.24) is 5.43 Å². The zero-order chi connectivity index (χ0) is 15.9. The first-order valence-corrected chi connectivity index (χ1v) is 7.88. The molecule has 3 N–H and O–H groups in total. The Bertz CT molecular complexity index is 692. The zero-order valence-electron chi connectivity index (χ0n) is 11.4. The number of hydrogen-bond donors (Lipinski definition) is 2. The predicted octanol–water partition coefficient (Wildman–Crippen LogP) is 3.85. The van der Waals surface area contributed by atoms with Crippen LogP contribution < -0.4 is 15.9 Å². The van der Waals surface area contributed by atoms with Crippen LogP contribution >= 0.6 is 39.7 Å². The highest BCUT2D eigenvalue weighted by Gasteiger charge is 2.04. The lowest BCUT2D eigenvalue weighted by molar-refractivity contribution is 0.306. The van der Waals surface area contributed by atoms with E-state index in [2.05, 4.69) is 26.5 Å². The monoisotopic (exact) mass is 397 g/mol. The quantitative estimate of drug-likeness (QED) is 0.456. The molecule has 7 heteroatoms. The highest BCUT2D eigenvalue weighted by atomic mass is 79.9. The molecule has 0 unspecified atom stereocenters. The smallest absolute Gasteiger partial charge is 0.184 e. The molecule has 0 radical (unpaired) electrons. The fourth-order valence-corrected chi connectivity index (χ4v) is 2.22. The van der Waals surface area contributed by atoms with Crippen molar-refractivity contribution in [2.75, 3.05) is 0 Å². The highest BCUT2D eigenvalue weighted by molar-refractivity contribution is 9.10. The zero-order valence-corrected chi connectivity index (χ0v) is 14.6. The number of rotatable bonds is 5. The van der Waals surface area contributed by atoms with E-state index in [9.17, 15) is 0 Å². The molecule has 2 aromatic rings. The normalized spacial score (nSPS) is 10.6. The lowest BCUT2D eigenvalue weighted by Gasteiger charge is -2.10. The summed E-state index contributed by atoms with van der Waals surface area (Å²) in [5.74, 6) is 0.701. The molecule has 114 valence electrons. The van der Waals surface area contributed by atoms with Gasteiger partial charge in [0.05, 0.1) is 6.21 Å². The summed E-state index contributed by atoms with van der Waals surface area (Å²) in [6.45, 7) is 0.433. The number of nitrogens with one attached hydrogen (secondary N) is 1. The van der Waals surface area contributed by atoms with E-state index >= 15 is 0 Å². The Morgan fingerprint density at radius 2 is 2.05 bits per heavy atom. The van der Waals surface area contributed by atoms with Gasteiger partial charge in [-0.2, -0.15) is 5.10 Å². The Morgan fingerprint density at radius 1 is 1.32 bits per heavy atom. The van der Waals surface area contributed by atoms with Crippen LogP contribution in [0.2, 0.25) is 5.02 Å². The first kappa shape index (κ1) is 16.7. The van der Waals surface area contributed by atoms with Gasteiger partial charge in [-0.15, -0.1) is 0 Å². The molecule has 2 aromatic carbocycles.